The second-order valence-electron chi connectivity index (χ2n) is 4.59. The summed E-state index contributed by atoms with van der Waals surface area (Å²) in [6.45, 7) is 0. The molecule has 2 aromatic carbocycles. The van der Waals surface area contributed by atoms with E-state index in [-0.39, 0.29) is 5.75 Å². The summed E-state index contributed by atoms with van der Waals surface area (Å²) in [5, 5.41) is 10.2. The third kappa shape index (κ3) is 2.48. The molecule has 3 aromatic rings. The molecule has 106 valence electrons. The van der Waals surface area contributed by atoms with E-state index in [9.17, 15) is 5.11 Å². The summed E-state index contributed by atoms with van der Waals surface area (Å²) in [4.78, 5) is 0. The van der Waals surface area contributed by atoms with E-state index in [1.165, 1.54) is 0 Å². The van der Waals surface area contributed by atoms with Gasteiger partial charge in [0.15, 0.2) is 0 Å². The lowest BCUT2D eigenvalue weighted by Crippen LogP contribution is -1.89. The summed E-state index contributed by atoms with van der Waals surface area (Å²) in [7, 11) is 3.21. The molecule has 0 saturated carbocycles. The van der Waals surface area contributed by atoms with Gasteiger partial charge in [0.2, 0.25) is 0 Å². The number of methoxy groups -OCH3 is 2. The van der Waals surface area contributed by atoms with E-state index in [0.717, 1.165) is 10.9 Å². The Morgan fingerprint density at radius 3 is 2.33 bits per heavy atom. The maximum Gasteiger partial charge on any atom is 0.368 e. The van der Waals surface area contributed by atoms with Crippen molar-refractivity contribution < 1.29 is 19.0 Å². The molecular formula is C17H15O4+. The Hall–Kier alpha value is -2.75. The predicted octanol–water partition coefficient (Wildman–Crippen LogP) is 4.10. The van der Waals surface area contributed by atoms with Crippen molar-refractivity contribution in [1.29, 1.82) is 0 Å². The van der Waals surface area contributed by atoms with Gasteiger partial charge in [0.05, 0.1) is 25.8 Å². The van der Waals surface area contributed by atoms with Gasteiger partial charge in [-0.1, -0.05) is 0 Å². The smallest absolute Gasteiger partial charge is 0.368 e. The number of hydrogen-bond acceptors (Lipinski definition) is 3. The monoisotopic (exact) mass is 283 g/mol. The lowest BCUT2D eigenvalue weighted by Gasteiger charge is -2.04. The van der Waals surface area contributed by atoms with E-state index in [2.05, 4.69) is 0 Å². The van der Waals surface area contributed by atoms with Crippen molar-refractivity contribution in [2.75, 3.05) is 14.2 Å². The number of fused-ring (bicyclic) bond motifs is 1. The number of phenols is 1. The molecule has 0 unspecified atom stereocenters. The van der Waals surface area contributed by atoms with E-state index in [1.54, 1.807) is 38.5 Å². The van der Waals surface area contributed by atoms with Crippen LogP contribution >= 0.6 is 0 Å². The first kappa shape index (κ1) is 13.2. The van der Waals surface area contributed by atoms with Crippen molar-refractivity contribution >= 4 is 11.0 Å². The van der Waals surface area contributed by atoms with Crippen molar-refractivity contribution in [3.05, 3.63) is 48.5 Å². The molecule has 4 heteroatoms. The van der Waals surface area contributed by atoms with Crippen LogP contribution in [0.25, 0.3) is 22.3 Å². The van der Waals surface area contributed by atoms with Gasteiger partial charge in [-0.15, -0.1) is 0 Å². The van der Waals surface area contributed by atoms with Gasteiger partial charge >= 0.3 is 11.3 Å². The van der Waals surface area contributed by atoms with E-state index in [0.29, 0.717) is 22.8 Å². The first-order valence-electron chi connectivity index (χ1n) is 6.49. The van der Waals surface area contributed by atoms with Crippen LogP contribution in [-0.4, -0.2) is 19.3 Å². The van der Waals surface area contributed by atoms with Crippen LogP contribution in [-0.2, 0) is 0 Å². The molecule has 4 nitrogen and oxygen atoms in total. The third-order valence-corrected chi connectivity index (χ3v) is 3.31. The number of phenolic OH excluding ortho intramolecular Hbond substituents is 1. The fourth-order valence-corrected chi connectivity index (χ4v) is 2.20. The largest absolute Gasteiger partial charge is 0.508 e. The highest BCUT2D eigenvalue weighted by molar-refractivity contribution is 5.86. The van der Waals surface area contributed by atoms with E-state index >= 15 is 0 Å². The topological polar surface area (TPSA) is 50.0 Å². The van der Waals surface area contributed by atoms with Crippen LogP contribution in [0.15, 0.2) is 52.9 Å². The van der Waals surface area contributed by atoms with Crippen LogP contribution in [0.4, 0.5) is 0 Å². The second-order valence-corrected chi connectivity index (χ2v) is 4.59. The fraction of sp³-hybridized carbons (Fsp3) is 0.118. The zero-order valence-corrected chi connectivity index (χ0v) is 11.8. The molecule has 1 heterocycles. The highest BCUT2D eigenvalue weighted by Gasteiger charge is 2.18. The summed E-state index contributed by atoms with van der Waals surface area (Å²) in [6.07, 6.45) is 0. The number of benzene rings is 2. The van der Waals surface area contributed by atoms with Crippen molar-refractivity contribution in [3.63, 3.8) is 0 Å². The van der Waals surface area contributed by atoms with Crippen LogP contribution in [0.1, 0.15) is 0 Å². The Balaban J connectivity index is 2.16. The first-order valence-corrected chi connectivity index (χ1v) is 6.49. The van der Waals surface area contributed by atoms with E-state index in [4.69, 9.17) is 13.9 Å². The van der Waals surface area contributed by atoms with Gasteiger partial charge in [0.1, 0.15) is 22.6 Å². The Kier molecular flexibility index (Phi) is 3.36. The molecule has 0 radical (unpaired) electrons. The molecule has 0 atom stereocenters. The Morgan fingerprint density at radius 2 is 1.67 bits per heavy atom. The molecule has 21 heavy (non-hydrogen) atoms. The van der Waals surface area contributed by atoms with Crippen molar-refractivity contribution in [3.8, 4) is 28.6 Å². The SMILES string of the molecule is COc1cc(OC)c2ccc(-c3ccc(O)cc3)[o+]c2c1. The number of ether oxygens (including phenoxy) is 2. The molecule has 0 bridgehead atoms. The Bertz CT molecular complexity index is 779. The molecule has 3 rings (SSSR count). The Labute approximate surface area is 122 Å². The highest BCUT2D eigenvalue weighted by Crippen LogP contribution is 2.34. The van der Waals surface area contributed by atoms with Crippen LogP contribution in [0.2, 0.25) is 0 Å². The standard InChI is InChI=1S/C17H14O4/c1-19-13-9-16(20-2)14-7-8-15(21-17(14)10-13)11-3-5-12(18)6-4-11/h3-10H,1-2H3/p+1. The van der Waals surface area contributed by atoms with Crippen molar-refractivity contribution in [2.45, 2.75) is 0 Å². The molecule has 0 fully saturated rings. The van der Waals surface area contributed by atoms with Crippen molar-refractivity contribution in [2.24, 2.45) is 0 Å². The van der Waals surface area contributed by atoms with Gasteiger partial charge in [-0.25, -0.2) is 4.42 Å². The maximum absolute atomic E-state index is 9.35. The summed E-state index contributed by atoms with van der Waals surface area (Å²) < 4.78 is 16.5. The minimum Gasteiger partial charge on any atom is -0.508 e. The molecule has 0 saturated heterocycles. The van der Waals surface area contributed by atoms with Crippen LogP contribution in [0, 0.1) is 0 Å². The minimum atomic E-state index is 0.225. The molecule has 0 aliphatic heterocycles. The van der Waals surface area contributed by atoms with Crippen LogP contribution in [0.3, 0.4) is 0 Å². The summed E-state index contributed by atoms with van der Waals surface area (Å²) in [6, 6.07) is 14.3. The predicted molar refractivity (Wildman–Crippen MR) is 80.8 cm³/mol. The normalized spacial score (nSPS) is 10.6. The van der Waals surface area contributed by atoms with E-state index in [1.807, 2.05) is 24.3 Å². The van der Waals surface area contributed by atoms with Gasteiger partial charge in [0.25, 0.3) is 0 Å². The molecule has 0 amide bonds. The van der Waals surface area contributed by atoms with Gasteiger partial charge < -0.3 is 14.6 Å². The zero-order valence-electron chi connectivity index (χ0n) is 11.8. The summed E-state index contributed by atoms with van der Waals surface area (Å²) in [5.74, 6) is 2.30. The molecule has 0 aliphatic carbocycles. The van der Waals surface area contributed by atoms with Gasteiger partial charge in [-0.05, 0) is 30.3 Å². The maximum atomic E-state index is 9.35. The average Bonchev–Trinajstić information content (AvgIpc) is 2.53. The average molecular weight is 283 g/mol. The molecule has 1 N–H and O–H groups in total. The molecule has 0 aliphatic rings. The first-order chi connectivity index (χ1) is 10.2. The minimum absolute atomic E-state index is 0.225. The van der Waals surface area contributed by atoms with Gasteiger partial charge in [0, 0.05) is 12.1 Å². The lowest BCUT2D eigenvalue weighted by atomic mass is 10.1. The number of aromatic hydroxyl groups is 1. The van der Waals surface area contributed by atoms with E-state index < -0.39 is 0 Å². The third-order valence-electron chi connectivity index (χ3n) is 3.31. The summed E-state index contributed by atoms with van der Waals surface area (Å²) in [5.41, 5.74) is 1.56. The lowest BCUT2D eigenvalue weighted by molar-refractivity contribution is 0.396. The highest BCUT2D eigenvalue weighted by atomic mass is 16.5. The molecule has 0 spiro atoms. The number of rotatable bonds is 3. The summed E-state index contributed by atoms with van der Waals surface area (Å²) >= 11 is 0. The second kappa shape index (κ2) is 5.32. The quantitative estimate of drug-likeness (QED) is 0.735. The Morgan fingerprint density at radius 1 is 0.905 bits per heavy atom. The fourth-order valence-electron chi connectivity index (χ4n) is 2.20. The van der Waals surface area contributed by atoms with Gasteiger partial charge in [-0.3, -0.25) is 0 Å². The van der Waals surface area contributed by atoms with Crippen LogP contribution in [0.5, 0.6) is 17.2 Å². The van der Waals surface area contributed by atoms with Crippen molar-refractivity contribution in [1.82, 2.24) is 0 Å². The van der Waals surface area contributed by atoms with Crippen LogP contribution < -0.4 is 9.47 Å². The van der Waals surface area contributed by atoms with Gasteiger partial charge in [-0.2, -0.15) is 0 Å². The molecule has 1 aromatic heterocycles. The number of hydrogen-bond donors (Lipinski definition) is 1. The molecular weight excluding hydrogens is 268 g/mol. The zero-order chi connectivity index (χ0) is 14.8.